The Bertz CT molecular complexity index is 3200. The number of carbonyl (C=O) groups is 1. The fraction of sp³-hybridized carbons (Fsp3) is 0.310. The van der Waals surface area contributed by atoms with Gasteiger partial charge in [0.25, 0.3) is 17.1 Å². The van der Waals surface area contributed by atoms with E-state index in [2.05, 4.69) is 12.7 Å². The van der Waals surface area contributed by atoms with Gasteiger partial charge in [-0.05, 0) is 114 Å². The zero-order chi connectivity index (χ0) is 54.1. The van der Waals surface area contributed by atoms with E-state index in [0.29, 0.717) is 61.3 Å². The Hall–Kier alpha value is -8.52. The van der Waals surface area contributed by atoms with Crippen LogP contribution in [0.2, 0.25) is 0 Å². The Morgan fingerprint density at radius 3 is 2.14 bits per heavy atom. The van der Waals surface area contributed by atoms with Crippen molar-refractivity contribution in [3.8, 4) is 23.0 Å². The molecule has 1 amide bonds. The van der Waals surface area contributed by atoms with Gasteiger partial charge >= 0.3 is 6.09 Å². The monoisotopic (exact) mass is 1050 g/mol. The standard InChI is InChI=1S/C58H57N5O14/c1-2-31-73-58-54(60(36-41-14-9-13-39-11-3-4-17-48(39)41)57(66)76-45-25-23-43(24-26-45)62(69)70)35-52(59-74-37-38-19-21-42(22-20-38)61(67)68)50-32-40(12-5-7-29-64)49(18-6-8-30-65)55(56(50)58)51-34-47(27-28-53(51)77-58)75-46-16-10-15-44(33-46)63(71)72/h2-4,9-11,13-17,19-28,32-34,40,49,54-56,64-65H,1,5-8,12,18,29-31,35-37H2/t40-,49+,54-,55+,56+,58+/m0/s1. The minimum absolute atomic E-state index is 0.00850. The molecular weight excluding hydrogens is 991 g/mol. The normalized spacial score (nSPS) is 20.7. The summed E-state index contributed by atoms with van der Waals surface area (Å²) < 4.78 is 27.2. The third-order valence-electron chi connectivity index (χ3n) is 14.5. The number of rotatable bonds is 23. The highest BCUT2D eigenvalue weighted by atomic mass is 16.7. The van der Waals surface area contributed by atoms with Crippen LogP contribution in [0.4, 0.5) is 21.9 Å². The number of amides is 1. The number of ether oxygens (including phenoxy) is 4. The largest absolute Gasteiger partial charge is 0.459 e. The van der Waals surface area contributed by atoms with Crippen molar-refractivity contribution >= 4 is 39.6 Å². The van der Waals surface area contributed by atoms with Crippen LogP contribution in [0.3, 0.4) is 0 Å². The van der Waals surface area contributed by atoms with Crippen molar-refractivity contribution in [1.29, 1.82) is 0 Å². The summed E-state index contributed by atoms with van der Waals surface area (Å²) in [6, 6.07) is 34.8. The van der Waals surface area contributed by atoms with Crippen LogP contribution in [0.1, 0.15) is 67.6 Å². The number of hydrogen-bond acceptors (Lipinski definition) is 15. The maximum absolute atomic E-state index is 15.5. The number of nitrogens with zero attached hydrogens (tertiary/aromatic N) is 5. The molecule has 6 aromatic carbocycles. The highest BCUT2D eigenvalue weighted by Crippen LogP contribution is 2.62. The molecule has 19 heteroatoms. The molecule has 0 saturated heterocycles. The number of hydrogen-bond donors (Lipinski definition) is 2. The van der Waals surface area contributed by atoms with Crippen molar-refractivity contribution in [3.63, 3.8) is 0 Å². The van der Waals surface area contributed by atoms with Gasteiger partial charge in [-0.1, -0.05) is 78.7 Å². The summed E-state index contributed by atoms with van der Waals surface area (Å²) in [7, 11) is 0. The lowest BCUT2D eigenvalue weighted by Gasteiger charge is -2.59. The van der Waals surface area contributed by atoms with Crippen molar-refractivity contribution in [3.05, 3.63) is 205 Å². The van der Waals surface area contributed by atoms with Gasteiger partial charge in [0.15, 0.2) is 0 Å². The van der Waals surface area contributed by atoms with E-state index in [1.165, 1.54) is 54.6 Å². The molecule has 6 aromatic rings. The van der Waals surface area contributed by atoms with E-state index in [-0.39, 0.29) is 79.8 Å². The third-order valence-corrected chi connectivity index (χ3v) is 14.5. The average Bonchev–Trinajstić information content (AvgIpc) is 3.47. The number of nitro groups is 3. The lowest BCUT2D eigenvalue weighted by atomic mass is 9.55. The van der Waals surface area contributed by atoms with E-state index >= 15 is 4.79 Å². The van der Waals surface area contributed by atoms with Crippen LogP contribution in [0.15, 0.2) is 163 Å². The minimum atomic E-state index is -1.75. The molecule has 19 nitrogen and oxygen atoms in total. The molecule has 1 aliphatic heterocycles. The predicted octanol–water partition coefficient (Wildman–Crippen LogP) is 11.9. The van der Waals surface area contributed by atoms with Gasteiger partial charge in [0.1, 0.15) is 35.6 Å². The smallest absolute Gasteiger partial charge is 0.416 e. The maximum atomic E-state index is 15.5. The number of allylic oxidation sites excluding steroid dienone is 1. The number of unbranched alkanes of at least 4 members (excludes halogenated alkanes) is 2. The molecule has 0 aromatic heterocycles. The number of non-ortho nitro benzene ring substituents is 3. The third kappa shape index (κ3) is 11.7. The number of fused-ring (bicyclic) bond motifs is 3. The topological polar surface area (TPSA) is 249 Å². The van der Waals surface area contributed by atoms with Crippen LogP contribution in [0, 0.1) is 48.1 Å². The summed E-state index contributed by atoms with van der Waals surface area (Å²) in [6.45, 7) is 3.81. The molecule has 9 rings (SSSR count). The maximum Gasteiger partial charge on any atom is 0.416 e. The molecule has 1 heterocycles. The quantitative estimate of drug-likeness (QED) is 0.0262. The summed E-state index contributed by atoms with van der Waals surface area (Å²) in [5, 5.41) is 61.9. The zero-order valence-electron chi connectivity index (χ0n) is 42.0. The number of nitro benzene ring substituents is 3. The second-order valence-corrected chi connectivity index (χ2v) is 19.2. The van der Waals surface area contributed by atoms with Crippen LogP contribution in [-0.4, -0.2) is 73.3 Å². The van der Waals surface area contributed by atoms with Gasteiger partial charge in [0, 0.05) is 61.4 Å². The van der Waals surface area contributed by atoms with E-state index in [9.17, 15) is 40.6 Å². The first-order valence-electron chi connectivity index (χ1n) is 25.5. The molecule has 1 fully saturated rings. The van der Waals surface area contributed by atoms with E-state index in [1.54, 1.807) is 41.3 Å². The summed E-state index contributed by atoms with van der Waals surface area (Å²) in [5.41, 5.74) is 2.81. The lowest BCUT2D eigenvalue weighted by molar-refractivity contribution is -0.385. The summed E-state index contributed by atoms with van der Waals surface area (Å²) in [5.74, 6) is -2.30. The molecule has 398 valence electrons. The molecule has 0 spiro atoms. The van der Waals surface area contributed by atoms with Crippen molar-refractivity contribution in [1.82, 2.24) is 4.90 Å². The number of aliphatic hydroxyl groups is 2. The summed E-state index contributed by atoms with van der Waals surface area (Å²) in [6.07, 6.45) is 6.58. The highest BCUT2D eigenvalue weighted by molar-refractivity contribution is 6.03. The first-order valence-corrected chi connectivity index (χ1v) is 25.5. The zero-order valence-corrected chi connectivity index (χ0v) is 42.0. The van der Waals surface area contributed by atoms with E-state index in [0.717, 1.165) is 27.5 Å². The van der Waals surface area contributed by atoms with Crippen molar-refractivity contribution < 1.29 is 53.6 Å². The van der Waals surface area contributed by atoms with Crippen molar-refractivity contribution in [2.24, 2.45) is 22.9 Å². The van der Waals surface area contributed by atoms with Gasteiger partial charge in [-0.25, -0.2) is 4.79 Å². The predicted molar refractivity (Wildman–Crippen MR) is 285 cm³/mol. The second kappa shape index (κ2) is 24.0. The Kier molecular flexibility index (Phi) is 16.6. The molecule has 0 unspecified atom stereocenters. The van der Waals surface area contributed by atoms with E-state index < -0.39 is 44.5 Å². The minimum Gasteiger partial charge on any atom is -0.459 e. The molecule has 77 heavy (non-hydrogen) atoms. The number of oxime groups is 1. The van der Waals surface area contributed by atoms with Crippen molar-refractivity contribution in [2.45, 2.75) is 75.8 Å². The average molecular weight is 1050 g/mol. The van der Waals surface area contributed by atoms with Crippen LogP contribution < -0.4 is 14.2 Å². The SMILES string of the molecule is C=CCO[C@@]12Oc3ccc(Oc4cccc([N+](=O)[O-])c4)cc3[C@H]3[C@H](CCCCO)[C@@H](CCCCO)C=C(C(=NOCc4ccc([N+](=O)[O-])cc4)C[C@@H]1N(Cc1cccc4ccccc14)C(=O)Oc1ccc([N+](=O)[O-])cc1)[C@H]32. The van der Waals surface area contributed by atoms with Gasteiger partial charge in [-0.3, -0.25) is 35.2 Å². The van der Waals surface area contributed by atoms with E-state index in [4.69, 9.17) is 28.9 Å². The van der Waals surface area contributed by atoms with Gasteiger partial charge < -0.3 is 34.0 Å². The van der Waals surface area contributed by atoms with E-state index in [1.807, 2.05) is 48.5 Å². The van der Waals surface area contributed by atoms with Crippen LogP contribution in [0.25, 0.3) is 10.8 Å². The second-order valence-electron chi connectivity index (χ2n) is 19.2. The highest BCUT2D eigenvalue weighted by Gasteiger charge is 2.66. The fourth-order valence-electron chi connectivity index (χ4n) is 11.1. The van der Waals surface area contributed by atoms with Crippen LogP contribution in [0.5, 0.6) is 23.0 Å². The molecule has 2 aliphatic carbocycles. The molecule has 2 N–H and O–H groups in total. The molecule has 0 bridgehead atoms. The molecule has 1 saturated carbocycles. The molecular formula is C58H57N5O14. The van der Waals surface area contributed by atoms with Crippen LogP contribution in [-0.2, 0) is 22.7 Å². The summed E-state index contributed by atoms with van der Waals surface area (Å²) >= 11 is 0. The summed E-state index contributed by atoms with van der Waals surface area (Å²) in [4.78, 5) is 56.7. The Morgan fingerprint density at radius 1 is 0.766 bits per heavy atom. The van der Waals surface area contributed by atoms with Gasteiger partial charge in [0.2, 0.25) is 5.79 Å². The lowest BCUT2D eigenvalue weighted by Crippen LogP contribution is -2.70. The molecule has 3 aliphatic rings. The Morgan fingerprint density at radius 2 is 1.43 bits per heavy atom. The number of carbonyl (C=O) groups excluding carboxylic acids is 1. The van der Waals surface area contributed by atoms with Gasteiger partial charge in [0.05, 0.1) is 45.6 Å². The van der Waals surface area contributed by atoms with Gasteiger partial charge in [-0.15, -0.1) is 6.58 Å². The Labute approximate surface area is 443 Å². The van der Waals surface area contributed by atoms with Crippen molar-refractivity contribution in [2.75, 3.05) is 19.8 Å². The molecule has 6 atom stereocenters. The number of benzene rings is 6. The molecule has 0 radical (unpaired) electrons. The Balaban J connectivity index is 1.26. The fourth-order valence-corrected chi connectivity index (χ4v) is 11.1. The van der Waals surface area contributed by atoms with Gasteiger partial charge in [-0.2, -0.15) is 0 Å². The first-order chi connectivity index (χ1) is 37.4. The van der Waals surface area contributed by atoms with Crippen LogP contribution >= 0.6 is 0 Å². The first kappa shape index (κ1) is 53.3. The number of aliphatic hydroxyl groups excluding tert-OH is 2.